The maximum atomic E-state index is 11.7. The van der Waals surface area contributed by atoms with Crippen LogP contribution < -0.4 is 24.8 Å². The predicted molar refractivity (Wildman–Crippen MR) is 131 cm³/mol. The molecule has 10 nitrogen and oxygen atoms in total. The van der Waals surface area contributed by atoms with E-state index in [0.717, 1.165) is 11.2 Å². The zero-order valence-corrected chi connectivity index (χ0v) is 20.2. The smallest absolute Gasteiger partial charge is 0.208 e. The highest BCUT2D eigenvalue weighted by molar-refractivity contribution is 7.90. The van der Waals surface area contributed by atoms with E-state index in [4.69, 9.17) is 14.2 Å². The molecule has 0 aliphatic carbocycles. The minimum Gasteiger partial charge on any atom is -0.493 e. The minimum atomic E-state index is -3.27. The van der Waals surface area contributed by atoms with Crippen molar-refractivity contribution in [2.24, 2.45) is 0 Å². The molecule has 2 heterocycles. The van der Waals surface area contributed by atoms with Gasteiger partial charge in [-0.1, -0.05) is 0 Å². The Bertz CT molecular complexity index is 1420. The number of ether oxygens (including phenoxy) is 3. The second-order valence-electron chi connectivity index (χ2n) is 7.38. The summed E-state index contributed by atoms with van der Waals surface area (Å²) in [4.78, 5) is 9.33. The Balaban J connectivity index is 1.80. The first-order valence-corrected chi connectivity index (χ1v) is 12.1. The van der Waals surface area contributed by atoms with Gasteiger partial charge in [0.15, 0.2) is 21.3 Å². The molecule has 0 bridgehead atoms. The third kappa shape index (κ3) is 4.29. The molecule has 34 heavy (non-hydrogen) atoms. The number of aromatic nitrogens is 3. The Morgan fingerprint density at radius 2 is 1.59 bits per heavy atom. The average molecular weight is 484 g/mol. The van der Waals surface area contributed by atoms with Gasteiger partial charge in [-0.25, -0.2) is 18.4 Å². The molecule has 178 valence electrons. The van der Waals surface area contributed by atoms with Crippen LogP contribution in [0.4, 0.5) is 17.5 Å². The molecule has 0 fully saturated rings. The molecule has 0 radical (unpaired) electrons. The fourth-order valence-corrected chi connectivity index (χ4v) is 4.24. The largest absolute Gasteiger partial charge is 0.493 e. The fourth-order valence-electron chi connectivity index (χ4n) is 3.61. The van der Waals surface area contributed by atoms with Gasteiger partial charge in [0, 0.05) is 37.2 Å². The highest BCUT2D eigenvalue weighted by Gasteiger charge is 2.19. The summed E-state index contributed by atoms with van der Waals surface area (Å²) in [6.45, 7) is 0. The number of pyridine rings is 1. The van der Waals surface area contributed by atoms with Gasteiger partial charge in [-0.15, -0.1) is 0 Å². The van der Waals surface area contributed by atoms with Crippen molar-refractivity contribution in [3.63, 3.8) is 0 Å². The van der Waals surface area contributed by atoms with Gasteiger partial charge in [0.2, 0.25) is 11.7 Å². The first-order valence-electron chi connectivity index (χ1n) is 10.2. The summed E-state index contributed by atoms with van der Waals surface area (Å²) in [6.07, 6.45) is 2.84. The van der Waals surface area contributed by atoms with E-state index >= 15 is 0 Å². The maximum Gasteiger partial charge on any atom is 0.208 e. The number of hydrogen-bond acceptors (Lipinski definition) is 9. The zero-order chi connectivity index (χ0) is 24.5. The van der Waals surface area contributed by atoms with Crippen LogP contribution in [0.25, 0.3) is 16.7 Å². The second-order valence-corrected chi connectivity index (χ2v) is 9.40. The molecule has 2 N–H and O–H groups in total. The highest BCUT2D eigenvalue weighted by atomic mass is 32.2. The van der Waals surface area contributed by atoms with E-state index in [1.807, 2.05) is 22.8 Å². The minimum absolute atomic E-state index is 0.251. The Labute approximate surface area is 197 Å². The summed E-state index contributed by atoms with van der Waals surface area (Å²) < 4.78 is 41.8. The quantitative estimate of drug-likeness (QED) is 0.387. The molecule has 0 aliphatic rings. The molecule has 11 heteroatoms. The van der Waals surface area contributed by atoms with Gasteiger partial charge in [-0.05, 0) is 24.3 Å². The van der Waals surface area contributed by atoms with Crippen molar-refractivity contribution in [1.82, 2.24) is 14.5 Å². The van der Waals surface area contributed by atoms with Crippen LogP contribution in [-0.4, -0.2) is 57.6 Å². The number of fused-ring (bicyclic) bond motifs is 1. The number of anilines is 3. The number of rotatable bonds is 8. The van der Waals surface area contributed by atoms with E-state index in [2.05, 4.69) is 20.6 Å². The summed E-state index contributed by atoms with van der Waals surface area (Å²) in [5.74, 6) is 2.68. The van der Waals surface area contributed by atoms with Crippen molar-refractivity contribution < 1.29 is 22.6 Å². The third-order valence-electron chi connectivity index (χ3n) is 5.23. The van der Waals surface area contributed by atoms with E-state index in [1.54, 1.807) is 58.8 Å². The van der Waals surface area contributed by atoms with Crippen LogP contribution in [0.3, 0.4) is 0 Å². The van der Waals surface area contributed by atoms with E-state index in [9.17, 15) is 8.42 Å². The van der Waals surface area contributed by atoms with Gasteiger partial charge in [-0.3, -0.25) is 4.57 Å². The van der Waals surface area contributed by atoms with Gasteiger partial charge in [-0.2, -0.15) is 0 Å². The standard InChI is InChI=1S/C23H25N5O5S/c1-24-23-27-17-13-25-21(26-14-6-8-16(9-7-14)34(5,29)30)12-18(17)28(23)15-10-19(31-2)22(33-4)20(11-15)32-3/h6-13H,1-5H3,(H,24,27)(H,25,26). The molecule has 0 spiro atoms. The Morgan fingerprint density at radius 1 is 0.941 bits per heavy atom. The lowest BCUT2D eigenvalue weighted by Gasteiger charge is -2.16. The molecule has 0 amide bonds. The van der Waals surface area contributed by atoms with Crippen LogP contribution in [0, 0.1) is 0 Å². The van der Waals surface area contributed by atoms with Gasteiger partial charge in [0.05, 0.1) is 43.6 Å². The van der Waals surface area contributed by atoms with Crippen LogP contribution in [0.15, 0.2) is 53.6 Å². The first kappa shape index (κ1) is 23.2. The van der Waals surface area contributed by atoms with Crippen molar-refractivity contribution in [1.29, 1.82) is 0 Å². The Morgan fingerprint density at radius 3 is 2.12 bits per heavy atom. The molecule has 0 aliphatic heterocycles. The normalized spacial score (nSPS) is 11.3. The number of imidazole rings is 1. The van der Waals surface area contributed by atoms with Crippen LogP contribution in [0.2, 0.25) is 0 Å². The second kappa shape index (κ2) is 9.10. The molecule has 2 aromatic heterocycles. The number of nitrogens with zero attached hydrogens (tertiary/aromatic N) is 3. The Kier molecular flexibility index (Phi) is 6.20. The van der Waals surface area contributed by atoms with Crippen LogP contribution in [0.1, 0.15) is 0 Å². The summed E-state index contributed by atoms with van der Waals surface area (Å²) in [6, 6.07) is 12.0. The number of benzene rings is 2. The molecule has 4 aromatic rings. The lowest BCUT2D eigenvalue weighted by molar-refractivity contribution is 0.324. The van der Waals surface area contributed by atoms with E-state index < -0.39 is 9.84 Å². The van der Waals surface area contributed by atoms with Crippen LogP contribution >= 0.6 is 0 Å². The van der Waals surface area contributed by atoms with Crippen molar-refractivity contribution in [3.05, 3.63) is 48.7 Å². The van der Waals surface area contributed by atoms with Gasteiger partial charge in [0.1, 0.15) is 11.3 Å². The van der Waals surface area contributed by atoms with Crippen LogP contribution in [0.5, 0.6) is 17.2 Å². The third-order valence-corrected chi connectivity index (χ3v) is 6.36. The Hall–Kier alpha value is -3.99. The SMILES string of the molecule is CNc1nc2cnc(Nc3ccc(S(C)(=O)=O)cc3)cc2n1-c1cc(OC)c(OC)c(OC)c1. The van der Waals surface area contributed by atoms with Crippen molar-refractivity contribution in [3.8, 4) is 22.9 Å². The number of nitrogens with one attached hydrogen (secondary N) is 2. The molecule has 0 unspecified atom stereocenters. The van der Waals surface area contributed by atoms with Gasteiger partial charge < -0.3 is 24.8 Å². The molecule has 0 atom stereocenters. The van der Waals surface area contributed by atoms with Gasteiger partial charge in [0.25, 0.3) is 0 Å². The molecule has 0 saturated carbocycles. The van der Waals surface area contributed by atoms with Crippen molar-refractivity contribution in [2.75, 3.05) is 45.3 Å². The molecular weight excluding hydrogens is 458 g/mol. The topological polar surface area (TPSA) is 117 Å². The number of methoxy groups -OCH3 is 3. The zero-order valence-electron chi connectivity index (χ0n) is 19.4. The van der Waals surface area contributed by atoms with E-state index in [1.165, 1.54) is 6.26 Å². The fraction of sp³-hybridized carbons (Fsp3) is 0.217. The van der Waals surface area contributed by atoms with Gasteiger partial charge >= 0.3 is 0 Å². The average Bonchev–Trinajstić information content (AvgIpc) is 3.20. The predicted octanol–water partition coefficient (Wildman–Crippen LogP) is 3.64. The molecule has 0 saturated heterocycles. The first-order chi connectivity index (χ1) is 16.3. The number of hydrogen-bond donors (Lipinski definition) is 2. The molecule has 2 aromatic carbocycles. The monoisotopic (exact) mass is 483 g/mol. The summed E-state index contributed by atoms with van der Waals surface area (Å²) in [7, 11) is 3.20. The lowest BCUT2D eigenvalue weighted by atomic mass is 10.2. The summed E-state index contributed by atoms with van der Waals surface area (Å²) in [5.41, 5.74) is 2.91. The number of sulfone groups is 1. The maximum absolute atomic E-state index is 11.7. The lowest BCUT2D eigenvalue weighted by Crippen LogP contribution is -2.04. The van der Waals surface area contributed by atoms with Crippen molar-refractivity contribution in [2.45, 2.75) is 4.90 Å². The summed E-state index contributed by atoms with van der Waals surface area (Å²) in [5, 5.41) is 6.32. The van der Waals surface area contributed by atoms with Crippen molar-refractivity contribution >= 4 is 38.3 Å². The van der Waals surface area contributed by atoms with E-state index in [-0.39, 0.29) is 4.90 Å². The molecular formula is C23H25N5O5S. The van der Waals surface area contributed by atoms with E-state index in [0.29, 0.717) is 40.2 Å². The molecule has 4 rings (SSSR count). The highest BCUT2D eigenvalue weighted by Crippen LogP contribution is 2.40. The summed E-state index contributed by atoms with van der Waals surface area (Å²) >= 11 is 0. The van der Waals surface area contributed by atoms with Crippen LogP contribution in [-0.2, 0) is 9.84 Å².